The van der Waals surface area contributed by atoms with Crippen molar-refractivity contribution in [3.63, 3.8) is 0 Å². The highest BCUT2D eigenvalue weighted by Crippen LogP contribution is 2.24. The molecule has 2 rings (SSSR count). The molecule has 1 aromatic heterocycles. The Morgan fingerprint density at radius 3 is 2.65 bits per heavy atom. The highest BCUT2D eigenvalue weighted by atomic mass is 19.4. The second-order valence-corrected chi connectivity index (χ2v) is 4.65. The maximum Gasteiger partial charge on any atom is 0.406 e. The van der Waals surface area contributed by atoms with E-state index in [-0.39, 0.29) is 23.6 Å². The lowest BCUT2D eigenvalue weighted by atomic mass is 10.1. The van der Waals surface area contributed by atoms with E-state index in [1.165, 1.54) is 24.3 Å². The van der Waals surface area contributed by atoms with Crippen LogP contribution >= 0.6 is 0 Å². The molecule has 8 heteroatoms. The van der Waals surface area contributed by atoms with Crippen LogP contribution in [0.4, 0.5) is 17.6 Å². The van der Waals surface area contributed by atoms with Gasteiger partial charge >= 0.3 is 6.18 Å². The van der Waals surface area contributed by atoms with Gasteiger partial charge in [0, 0.05) is 12.6 Å². The fourth-order valence-corrected chi connectivity index (χ4v) is 1.92. The Morgan fingerprint density at radius 1 is 1.35 bits per heavy atom. The molecule has 1 amide bonds. The molecule has 0 fully saturated rings. The zero-order chi connectivity index (χ0) is 17.0. The molecule has 0 N–H and O–H groups in total. The van der Waals surface area contributed by atoms with E-state index in [4.69, 9.17) is 4.52 Å². The van der Waals surface area contributed by atoms with E-state index in [2.05, 4.69) is 11.7 Å². The number of amides is 1. The average Bonchev–Trinajstić information content (AvgIpc) is 2.95. The van der Waals surface area contributed by atoms with Gasteiger partial charge in [-0.25, -0.2) is 4.39 Å². The number of rotatable bonds is 5. The Hall–Kier alpha value is -2.64. The number of carbonyl (C=O) groups is 1. The van der Waals surface area contributed by atoms with Crippen LogP contribution in [0.2, 0.25) is 0 Å². The van der Waals surface area contributed by atoms with Crippen molar-refractivity contribution in [2.75, 3.05) is 13.1 Å². The number of halogens is 4. The molecule has 0 atom stereocenters. The number of nitrogens with zero attached hydrogens (tertiary/aromatic N) is 2. The topological polar surface area (TPSA) is 46.3 Å². The van der Waals surface area contributed by atoms with Crippen LogP contribution in [0.15, 0.2) is 47.5 Å². The lowest BCUT2D eigenvalue weighted by molar-refractivity contribution is -0.139. The first-order valence-electron chi connectivity index (χ1n) is 6.50. The molecule has 0 aliphatic carbocycles. The third-order valence-electron chi connectivity index (χ3n) is 2.88. The molecule has 4 nitrogen and oxygen atoms in total. The Morgan fingerprint density at radius 2 is 2.04 bits per heavy atom. The molecular formula is C15H12F4N2O2. The van der Waals surface area contributed by atoms with Crippen molar-refractivity contribution < 1.29 is 26.9 Å². The molecule has 0 aliphatic heterocycles. The molecule has 0 saturated carbocycles. The van der Waals surface area contributed by atoms with Crippen molar-refractivity contribution in [3.8, 4) is 11.3 Å². The molecule has 122 valence electrons. The van der Waals surface area contributed by atoms with Gasteiger partial charge < -0.3 is 9.42 Å². The molecule has 0 saturated heterocycles. The summed E-state index contributed by atoms with van der Waals surface area (Å²) < 4.78 is 56.0. The van der Waals surface area contributed by atoms with Crippen LogP contribution in [-0.4, -0.2) is 35.2 Å². The Labute approximate surface area is 129 Å². The van der Waals surface area contributed by atoms with E-state index in [0.717, 1.165) is 6.07 Å². The summed E-state index contributed by atoms with van der Waals surface area (Å²) in [5, 5.41) is 3.43. The van der Waals surface area contributed by atoms with Crippen LogP contribution in [0.25, 0.3) is 11.3 Å². The van der Waals surface area contributed by atoms with E-state index in [1.54, 1.807) is 6.07 Å². The van der Waals surface area contributed by atoms with Gasteiger partial charge in [0.1, 0.15) is 12.4 Å². The van der Waals surface area contributed by atoms with Crippen LogP contribution in [-0.2, 0) is 0 Å². The molecule has 1 heterocycles. The van der Waals surface area contributed by atoms with E-state index >= 15 is 0 Å². The first-order valence-corrected chi connectivity index (χ1v) is 6.50. The second-order valence-electron chi connectivity index (χ2n) is 4.65. The Kier molecular flexibility index (Phi) is 4.83. The lowest BCUT2D eigenvalue weighted by Gasteiger charge is -2.21. The maximum atomic E-state index is 13.6. The largest absolute Gasteiger partial charge is 0.406 e. The van der Waals surface area contributed by atoms with Gasteiger partial charge in [-0.1, -0.05) is 23.4 Å². The van der Waals surface area contributed by atoms with Crippen LogP contribution in [0, 0.1) is 5.82 Å². The number of hydrogen-bond donors (Lipinski definition) is 0. The minimum atomic E-state index is -4.56. The van der Waals surface area contributed by atoms with Gasteiger partial charge in [-0.05, 0) is 12.1 Å². The van der Waals surface area contributed by atoms with Gasteiger partial charge in [-0.3, -0.25) is 4.79 Å². The van der Waals surface area contributed by atoms with Crippen molar-refractivity contribution in [1.29, 1.82) is 0 Å². The highest BCUT2D eigenvalue weighted by Gasteiger charge is 2.33. The summed E-state index contributed by atoms with van der Waals surface area (Å²) in [4.78, 5) is 12.6. The SMILES string of the molecule is C=CCN(CC(F)(F)F)C(=O)c1cc(-c2ccccc2F)on1. The highest BCUT2D eigenvalue weighted by molar-refractivity contribution is 5.93. The summed E-state index contributed by atoms with van der Waals surface area (Å²) in [5.41, 5.74) is -0.278. The molecular weight excluding hydrogens is 316 g/mol. The summed E-state index contributed by atoms with van der Waals surface area (Å²) in [6.45, 7) is 1.57. The van der Waals surface area contributed by atoms with Gasteiger partial charge in [0.2, 0.25) is 0 Å². The van der Waals surface area contributed by atoms with Gasteiger partial charge in [0.05, 0.1) is 5.56 Å². The van der Waals surface area contributed by atoms with Gasteiger partial charge in [0.15, 0.2) is 11.5 Å². The summed E-state index contributed by atoms with van der Waals surface area (Å²) in [7, 11) is 0. The van der Waals surface area contributed by atoms with Crippen molar-refractivity contribution in [2.45, 2.75) is 6.18 Å². The molecule has 0 spiro atoms. The van der Waals surface area contributed by atoms with Gasteiger partial charge in [-0.2, -0.15) is 13.2 Å². The van der Waals surface area contributed by atoms with E-state index in [9.17, 15) is 22.4 Å². The predicted molar refractivity (Wildman–Crippen MR) is 74.1 cm³/mol. The quantitative estimate of drug-likeness (QED) is 0.621. The predicted octanol–water partition coefficient (Wildman–Crippen LogP) is 3.67. The van der Waals surface area contributed by atoms with E-state index in [0.29, 0.717) is 4.90 Å². The average molecular weight is 328 g/mol. The van der Waals surface area contributed by atoms with E-state index < -0.39 is 24.4 Å². The van der Waals surface area contributed by atoms with Crippen molar-refractivity contribution >= 4 is 5.91 Å². The number of alkyl halides is 3. The Bertz CT molecular complexity index is 709. The molecule has 0 bridgehead atoms. The fraction of sp³-hybridized carbons (Fsp3) is 0.200. The monoisotopic (exact) mass is 328 g/mol. The van der Waals surface area contributed by atoms with Crippen LogP contribution in [0.5, 0.6) is 0 Å². The summed E-state index contributed by atoms with van der Waals surface area (Å²) in [6, 6.07) is 6.72. The second kappa shape index (κ2) is 6.64. The van der Waals surface area contributed by atoms with Gasteiger partial charge in [0.25, 0.3) is 5.91 Å². The van der Waals surface area contributed by atoms with Gasteiger partial charge in [-0.15, -0.1) is 6.58 Å². The number of hydrogen-bond acceptors (Lipinski definition) is 3. The van der Waals surface area contributed by atoms with Crippen molar-refractivity contribution in [3.05, 3.63) is 54.5 Å². The number of carbonyl (C=O) groups excluding carboxylic acids is 1. The molecule has 1 aromatic carbocycles. The summed E-state index contributed by atoms with van der Waals surface area (Å²) in [6.07, 6.45) is -3.39. The normalized spacial score (nSPS) is 11.3. The maximum absolute atomic E-state index is 13.6. The minimum absolute atomic E-state index is 0.0444. The molecule has 2 aromatic rings. The Balaban J connectivity index is 2.26. The van der Waals surface area contributed by atoms with Crippen LogP contribution < -0.4 is 0 Å². The molecule has 23 heavy (non-hydrogen) atoms. The first kappa shape index (κ1) is 16.7. The third kappa shape index (κ3) is 4.18. The standard InChI is InChI=1S/C15H12F4N2O2/c1-2-7-21(9-15(17,18)19)14(22)12-8-13(23-20-12)10-5-3-4-6-11(10)16/h2-6,8H,1,7,9H2. The molecule has 0 aliphatic rings. The van der Waals surface area contributed by atoms with Crippen LogP contribution in [0.1, 0.15) is 10.5 Å². The lowest BCUT2D eigenvalue weighted by Crippen LogP contribution is -2.39. The zero-order valence-corrected chi connectivity index (χ0v) is 11.8. The fourth-order valence-electron chi connectivity index (χ4n) is 1.92. The third-order valence-corrected chi connectivity index (χ3v) is 2.88. The number of benzene rings is 1. The van der Waals surface area contributed by atoms with Crippen LogP contribution in [0.3, 0.4) is 0 Å². The smallest absolute Gasteiger partial charge is 0.355 e. The summed E-state index contributed by atoms with van der Waals surface area (Å²) in [5.74, 6) is -1.62. The first-order chi connectivity index (χ1) is 10.8. The number of aromatic nitrogens is 1. The minimum Gasteiger partial charge on any atom is -0.355 e. The van der Waals surface area contributed by atoms with E-state index in [1.807, 2.05) is 0 Å². The zero-order valence-electron chi connectivity index (χ0n) is 11.8. The van der Waals surface area contributed by atoms with Crippen molar-refractivity contribution in [1.82, 2.24) is 10.1 Å². The molecule has 0 radical (unpaired) electrons. The van der Waals surface area contributed by atoms with Crippen molar-refractivity contribution in [2.24, 2.45) is 0 Å². The summed E-state index contributed by atoms with van der Waals surface area (Å²) >= 11 is 0. The molecule has 0 unspecified atom stereocenters.